The van der Waals surface area contributed by atoms with Crippen molar-refractivity contribution >= 4 is 0 Å². The van der Waals surface area contributed by atoms with Crippen LogP contribution in [0, 0.1) is 17.8 Å². The molecule has 2 saturated carbocycles. The van der Waals surface area contributed by atoms with Crippen molar-refractivity contribution in [1.82, 2.24) is 9.97 Å². The van der Waals surface area contributed by atoms with Crippen LogP contribution in [0.3, 0.4) is 0 Å². The third-order valence-electron chi connectivity index (χ3n) is 7.70. The largest absolute Gasteiger partial charge is 0.241 e. The van der Waals surface area contributed by atoms with Crippen molar-refractivity contribution < 1.29 is 0 Å². The van der Waals surface area contributed by atoms with E-state index in [9.17, 15) is 0 Å². The third kappa shape index (κ3) is 6.85. The molecule has 0 spiro atoms. The maximum Gasteiger partial charge on any atom is 0.128 e. The molecule has 3 rings (SSSR count). The minimum atomic E-state index is 0.713. The molecule has 2 heteroatoms. The average Bonchev–Trinajstić information content (AvgIpc) is 2.75. The Morgan fingerprint density at radius 3 is 1.86 bits per heavy atom. The van der Waals surface area contributed by atoms with Crippen molar-refractivity contribution in [2.24, 2.45) is 17.8 Å². The summed E-state index contributed by atoms with van der Waals surface area (Å²) in [6.07, 6.45) is 26.4. The average molecular weight is 385 g/mol. The molecule has 0 saturated heterocycles. The first-order valence-corrected chi connectivity index (χ1v) is 12.6. The summed E-state index contributed by atoms with van der Waals surface area (Å²) in [5, 5.41) is 0. The SMILES string of the molecule is CCCCCC1CCC(c2cnc(CCC3CCC(CCC)CC3)nc2)CC1. The molecule has 1 aromatic heterocycles. The fourth-order valence-corrected chi connectivity index (χ4v) is 5.72. The minimum Gasteiger partial charge on any atom is -0.241 e. The number of hydrogen-bond donors (Lipinski definition) is 0. The molecule has 2 aliphatic rings. The first-order chi connectivity index (χ1) is 13.8. The lowest BCUT2D eigenvalue weighted by molar-refractivity contribution is 0.251. The second-order valence-corrected chi connectivity index (χ2v) is 9.86. The summed E-state index contributed by atoms with van der Waals surface area (Å²) in [5.41, 5.74) is 1.40. The number of unbranched alkanes of at least 4 members (excludes halogenated alkanes) is 2. The van der Waals surface area contributed by atoms with Crippen molar-refractivity contribution in [2.45, 2.75) is 122 Å². The highest BCUT2D eigenvalue weighted by atomic mass is 14.9. The Bertz CT molecular complexity index is 522. The Kier molecular flexibility index (Phi) is 9.28. The van der Waals surface area contributed by atoms with Crippen LogP contribution in [0.2, 0.25) is 0 Å². The molecule has 0 aromatic carbocycles. The summed E-state index contributed by atoms with van der Waals surface area (Å²) >= 11 is 0. The number of hydrogen-bond acceptors (Lipinski definition) is 2. The van der Waals surface area contributed by atoms with Gasteiger partial charge in [-0.25, -0.2) is 9.97 Å². The van der Waals surface area contributed by atoms with E-state index in [2.05, 4.69) is 26.2 Å². The Hall–Kier alpha value is -0.920. The Labute approximate surface area is 174 Å². The van der Waals surface area contributed by atoms with Gasteiger partial charge in [0.1, 0.15) is 5.82 Å². The van der Waals surface area contributed by atoms with Gasteiger partial charge in [0.25, 0.3) is 0 Å². The number of aryl methyl sites for hydroxylation is 1. The number of aromatic nitrogens is 2. The summed E-state index contributed by atoms with van der Waals surface area (Å²) in [6, 6.07) is 0. The first-order valence-electron chi connectivity index (χ1n) is 12.6. The Morgan fingerprint density at radius 2 is 1.25 bits per heavy atom. The van der Waals surface area contributed by atoms with Crippen LogP contribution in [-0.4, -0.2) is 9.97 Å². The topological polar surface area (TPSA) is 25.8 Å². The molecule has 0 amide bonds. The molecule has 0 N–H and O–H groups in total. The van der Waals surface area contributed by atoms with E-state index in [4.69, 9.17) is 9.97 Å². The summed E-state index contributed by atoms with van der Waals surface area (Å²) in [7, 11) is 0. The van der Waals surface area contributed by atoms with Crippen LogP contribution in [0.25, 0.3) is 0 Å². The summed E-state index contributed by atoms with van der Waals surface area (Å²) in [4.78, 5) is 9.50. The molecule has 1 aromatic rings. The van der Waals surface area contributed by atoms with E-state index in [-0.39, 0.29) is 0 Å². The maximum atomic E-state index is 4.75. The lowest BCUT2D eigenvalue weighted by atomic mass is 9.77. The fraction of sp³-hybridized carbons (Fsp3) is 0.846. The van der Waals surface area contributed by atoms with Crippen molar-refractivity contribution in [2.75, 3.05) is 0 Å². The van der Waals surface area contributed by atoms with Gasteiger partial charge in [0.05, 0.1) is 0 Å². The quantitative estimate of drug-likeness (QED) is 0.383. The molecule has 0 atom stereocenters. The van der Waals surface area contributed by atoms with Gasteiger partial charge < -0.3 is 0 Å². The number of rotatable bonds is 10. The highest BCUT2D eigenvalue weighted by Gasteiger charge is 2.23. The zero-order chi connectivity index (χ0) is 19.6. The first kappa shape index (κ1) is 21.8. The molecule has 1 heterocycles. The van der Waals surface area contributed by atoms with Gasteiger partial charge in [-0.05, 0) is 61.3 Å². The third-order valence-corrected chi connectivity index (χ3v) is 7.70. The summed E-state index contributed by atoms with van der Waals surface area (Å²) in [5.74, 6) is 4.70. The second-order valence-electron chi connectivity index (χ2n) is 9.86. The molecule has 2 aliphatic carbocycles. The Balaban J connectivity index is 1.36. The van der Waals surface area contributed by atoms with Gasteiger partial charge in [0, 0.05) is 18.8 Å². The van der Waals surface area contributed by atoms with Crippen LogP contribution in [0.4, 0.5) is 0 Å². The molecular formula is C26H44N2. The van der Waals surface area contributed by atoms with Gasteiger partial charge in [-0.1, -0.05) is 78.1 Å². The van der Waals surface area contributed by atoms with Crippen LogP contribution in [0.1, 0.15) is 127 Å². The smallest absolute Gasteiger partial charge is 0.128 e. The molecule has 0 aliphatic heterocycles. The van der Waals surface area contributed by atoms with E-state index >= 15 is 0 Å². The lowest BCUT2D eigenvalue weighted by Crippen LogP contribution is -2.16. The van der Waals surface area contributed by atoms with E-state index < -0.39 is 0 Å². The van der Waals surface area contributed by atoms with E-state index in [1.54, 1.807) is 0 Å². The highest BCUT2D eigenvalue weighted by Crippen LogP contribution is 2.37. The molecule has 0 bridgehead atoms. The zero-order valence-electron chi connectivity index (χ0n) is 18.7. The Morgan fingerprint density at radius 1 is 0.679 bits per heavy atom. The van der Waals surface area contributed by atoms with E-state index in [1.165, 1.54) is 102 Å². The molecular weight excluding hydrogens is 340 g/mol. The molecule has 2 fully saturated rings. The van der Waals surface area contributed by atoms with Gasteiger partial charge >= 0.3 is 0 Å². The fourth-order valence-electron chi connectivity index (χ4n) is 5.72. The van der Waals surface area contributed by atoms with Crippen LogP contribution in [0.15, 0.2) is 12.4 Å². The van der Waals surface area contributed by atoms with Crippen LogP contribution >= 0.6 is 0 Å². The van der Waals surface area contributed by atoms with Gasteiger partial charge in [-0.15, -0.1) is 0 Å². The molecule has 28 heavy (non-hydrogen) atoms. The van der Waals surface area contributed by atoms with Gasteiger partial charge in [0.15, 0.2) is 0 Å². The molecule has 0 unspecified atom stereocenters. The predicted octanol–water partition coefficient (Wildman–Crippen LogP) is 7.87. The summed E-state index contributed by atoms with van der Waals surface area (Å²) in [6.45, 7) is 4.63. The van der Waals surface area contributed by atoms with Crippen molar-refractivity contribution in [3.63, 3.8) is 0 Å². The van der Waals surface area contributed by atoms with Crippen LogP contribution in [0.5, 0.6) is 0 Å². The second kappa shape index (κ2) is 11.9. The molecule has 2 nitrogen and oxygen atoms in total. The van der Waals surface area contributed by atoms with Crippen LogP contribution < -0.4 is 0 Å². The predicted molar refractivity (Wildman–Crippen MR) is 120 cm³/mol. The van der Waals surface area contributed by atoms with Crippen LogP contribution in [-0.2, 0) is 6.42 Å². The standard InChI is InChI=1S/C26H44N2/c1-3-5-6-8-22-13-16-24(17-14-22)25-19-27-26(28-20-25)18-15-23-11-9-21(7-4-2)10-12-23/h19-24H,3-18H2,1-2H3. The van der Waals surface area contributed by atoms with Gasteiger partial charge in [-0.3, -0.25) is 0 Å². The summed E-state index contributed by atoms with van der Waals surface area (Å²) < 4.78 is 0. The number of nitrogens with zero attached hydrogens (tertiary/aromatic N) is 2. The minimum absolute atomic E-state index is 0.713. The maximum absolute atomic E-state index is 4.75. The van der Waals surface area contributed by atoms with E-state index in [0.29, 0.717) is 5.92 Å². The lowest BCUT2D eigenvalue weighted by Gasteiger charge is -2.29. The zero-order valence-corrected chi connectivity index (χ0v) is 18.7. The molecule has 0 radical (unpaired) electrons. The monoisotopic (exact) mass is 384 g/mol. The van der Waals surface area contributed by atoms with E-state index in [1.807, 2.05) is 0 Å². The molecule has 158 valence electrons. The van der Waals surface area contributed by atoms with Gasteiger partial charge in [-0.2, -0.15) is 0 Å². The van der Waals surface area contributed by atoms with Gasteiger partial charge in [0.2, 0.25) is 0 Å². The van der Waals surface area contributed by atoms with E-state index in [0.717, 1.165) is 30.0 Å². The van der Waals surface area contributed by atoms with Crippen molar-refractivity contribution in [1.29, 1.82) is 0 Å². The normalized spacial score (nSPS) is 28.4. The van der Waals surface area contributed by atoms with Crippen molar-refractivity contribution in [3.05, 3.63) is 23.8 Å². The highest BCUT2D eigenvalue weighted by molar-refractivity contribution is 5.13. The van der Waals surface area contributed by atoms with Crippen molar-refractivity contribution in [3.8, 4) is 0 Å².